The molecular formula is C11H18N6O3S. The van der Waals surface area contributed by atoms with Crippen LogP contribution in [0, 0.1) is 6.92 Å². The van der Waals surface area contributed by atoms with Crippen molar-refractivity contribution in [2.24, 2.45) is 0 Å². The minimum Gasteiger partial charge on any atom is -0.464 e. The van der Waals surface area contributed by atoms with Crippen LogP contribution in [0.3, 0.4) is 0 Å². The molecule has 2 rings (SSSR count). The fraction of sp³-hybridized carbons (Fsp3) is 0.545. The summed E-state index contributed by atoms with van der Waals surface area (Å²) in [4.78, 5) is 0.116. The topological polar surface area (TPSA) is 126 Å². The molecule has 2 heterocycles. The summed E-state index contributed by atoms with van der Waals surface area (Å²) in [5, 5.41) is 16.3. The van der Waals surface area contributed by atoms with Crippen LogP contribution in [0.1, 0.15) is 37.2 Å². The van der Waals surface area contributed by atoms with E-state index >= 15 is 0 Å². The Labute approximate surface area is 122 Å². The number of tetrazole rings is 1. The molecule has 116 valence electrons. The van der Waals surface area contributed by atoms with Crippen molar-refractivity contribution in [1.29, 1.82) is 0 Å². The van der Waals surface area contributed by atoms with Gasteiger partial charge >= 0.3 is 0 Å². The van der Waals surface area contributed by atoms with Crippen molar-refractivity contribution in [2.75, 3.05) is 6.54 Å². The zero-order chi connectivity index (χ0) is 15.5. The zero-order valence-corrected chi connectivity index (χ0v) is 12.9. The van der Waals surface area contributed by atoms with E-state index in [4.69, 9.17) is 4.42 Å². The van der Waals surface area contributed by atoms with Crippen molar-refractivity contribution in [3.63, 3.8) is 0 Å². The van der Waals surface area contributed by atoms with Crippen LogP contribution >= 0.6 is 0 Å². The first-order valence-electron chi connectivity index (χ1n) is 6.49. The van der Waals surface area contributed by atoms with Crippen molar-refractivity contribution < 1.29 is 12.8 Å². The molecule has 0 bridgehead atoms. The Morgan fingerprint density at radius 3 is 2.86 bits per heavy atom. The summed E-state index contributed by atoms with van der Waals surface area (Å²) < 4.78 is 32.7. The second kappa shape index (κ2) is 6.33. The monoisotopic (exact) mass is 314 g/mol. The Morgan fingerprint density at radius 2 is 2.24 bits per heavy atom. The Balaban J connectivity index is 2.17. The van der Waals surface area contributed by atoms with Gasteiger partial charge in [-0.3, -0.25) is 0 Å². The van der Waals surface area contributed by atoms with Crippen LogP contribution in [0.5, 0.6) is 0 Å². The Morgan fingerprint density at radius 1 is 1.48 bits per heavy atom. The maximum absolute atomic E-state index is 12.4. The van der Waals surface area contributed by atoms with Crippen LogP contribution in [0.4, 0.5) is 0 Å². The van der Waals surface area contributed by atoms with Crippen molar-refractivity contribution in [2.45, 2.75) is 38.3 Å². The number of hydrogen-bond acceptors (Lipinski definition) is 7. The van der Waals surface area contributed by atoms with Crippen LogP contribution < -0.4 is 10.0 Å². The van der Waals surface area contributed by atoms with Crippen molar-refractivity contribution in [3.8, 4) is 0 Å². The van der Waals surface area contributed by atoms with E-state index in [1.807, 2.05) is 6.92 Å². The molecule has 0 amide bonds. The van der Waals surface area contributed by atoms with Gasteiger partial charge < -0.3 is 9.73 Å². The molecule has 10 heteroatoms. The summed E-state index contributed by atoms with van der Waals surface area (Å²) >= 11 is 0. The lowest BCUT2D eigenvalue weighted by Gasteiger charge is -2.09. The van der Waals surface area contributed by atoms with Gasteiger partial charge in [0.2, 0.25) is 10.0 Å². The Bertz CT molecular complexity index is 679. The quantitative estimate of drug-likeness (QED) is 0.668. The smallest absolute Gasteiger partial charge is 0.244 e. The maximum atomic E-state index is 12.4. The van der Waals surface area contributed by atoms with Gasteiger partial charge in [0.1, 0.15) is 16.4 Å². The van der Waals surface area contributed by atoms with Gasteiger partial charge in [-0.1, -0.05) is 12.1 Å². The van der Waals surface area contributed by atoms with Gasteiger partial charge in [0.15, 0.2) is 5.82 Å². The third-order valence-corrected chi connectivity index (χ3v) is 4.49. The fourth-order valence-corrected chi connectivity index (χ4v) is 3.23. The van der Waals surface area contributed by atoms with Crippen LogP contribution in [0.2, 0.25) is 0 Å². The molecule has 2 aromatic rings. The average molecular weight is 314 g/mol. The van der Waals surface area contributed by atoms with E-state index in [1.54, 1.807) is 13.8 Å². The van der Waals surface area contributed by atoms with Gasteiger partial charge in [-0.05, 0) is 20.4 Å². The molecule has 0 radical (unpaired) electrons. The van der Waals surface area contributed by atoms with Crippen molar-refractivity contribution >= 4 is 10.0 Å². The molecule has 0 aromatic carbocycles. The molecule has 0 spiro atoms. The predicted octanol–water partition coefficient (Wildman–Crippen LogP) is 0.250. The number of H-pyrrole nitrogens is 1. The van der Waals surface area contributed by atoms with Gasteiger partial charge in [-0.2, -0.15) is 5.21 Å². The second-order valence-corrected chi connectivity index (χ2v) is 6.21. The molecule has 0 aliphatic rings. The number of nitrogens with zero attached hydrogens (tertiary/aromatic N) is 3. The Hall–Kier alpha value is -1.78. The minimum atomic E-state index is -3.71. The highest BCUT2D eigenvalue weighted by Gasteiger charge is 2.25. The number of furan rings is 1. The van der Waals surface area contributed by atoms with Gasteiger partial charge in [-0.25, -0.2) is 13.1 Å². The minimum absolute atomic E-state index is 0.116. The van der Waals surface area contributed by atoms with Crippen molar-refractivity contribution in [3.05, 3.63) is 23.4 Å². The van der Waals surface area contributed by atoms with Crippen LogP contribution in [-0.2, 0) is 16.6 Å². The molecule has 0 fully saturated rings. The molecule has 0 aliphatic carbocycles. The highest BCUT2D eigenvalue weighted by atomic mass is 32.2. The third-order valence-electron chi connectivity index (χ3n) is 2.84. The lowest BCUT2D eigenvalue weighted by Crippen LogP contribution is -2.27. The highest BCUT2D eigenvalue weighted by Crippen LogP contribution is 2.21. The number of hydrogen-bond donors (Lipinski definition) is 3. The van der Waals surface area contributed by atoms with Crippen molar-refractivity contribution in [1.82, 2.24) is 30.7 Å². The first kappa shape index (κ1) is 15.6. The van der Waals surface area contributed by atoms with E-state index in [9.17, 15) is 8.42 Å². The molecule has 2 aromatic heterocycles. The van der Waals surface area contributed by atoms with E-state index in [2.05, 4.69) is 30.7 Å². The number of aryl methyl sites for hydroxylation is 1. The molecule has 0 saturated heterocycles. The molecule has 9 nitrogen and oxygen atoms in total. The number of nitrogens with one attached hydrogen (secondary N) is 3. The first-order chi connectivity index (χ1) is 9.94. The summed E-state index contributed by atoms with van der Waals surface area (Å²) in [7, 11) is -3.71. The largest absolute Gasteiger partial charge is 0.464 e. The maximum Gasteiger partial charge on any atom is 0.244 e. The SMILES string of the molecule is CCNCc1cc(S(=O)(=O)NC(C)c2nn[nH]n2)c(C)o1. The molecule has 3 N–H and O–H groups in total. The predicted molar refractivity (Wildman–Crippen MR) is 73.7 cm³/mol. The fourth-order valence-electron chi connectivity index (χ4n) is 1.83. The molecule has 1 atom stereocenters. The summed E-state index contributed by atoms with van der Waals surface area (Å²) in [6.45, 7) is 6.46. The highest BCUT2D eigenvalue weighted by molar-refractivity contribution is 7.89. The summed E-state index contributed by atoms with van der Waals surface area (Å²) in [5.74, 6) is 1.19. The lowest BCUT2D eigenvalue weighted by molar-refractivity contribution is 0.460. The normalized spacial score (nSPS) is 13.5. The third kappa shape index (κ3) is 3.65. The number of rotatable bonds is 7. The standard InChI is InChI=1S/C11H18N6O3S/c1-4-12-6-9-5-10(8(3)20-9)21(18,19)15-7(2)11-13-16-17-14-11/h5,7,12,15H,4,6H2,1-3H3,(H,13,14,16,17). The Kier molecular flexibility index (Phi) is 4.70. The summed E-state index contributed by atoms with van der Waals surface area (Å²) in [5.41, 5.74) is 0. The van der Waals surface area contributed by atoms with Gasteiger partial charge in [0.25, 0.3) is 0 Å². The second-order valence-electron chi connectivity index (χ2n) is 4.53. The van der Waals surface area contributed by atoms with Crippen LogP contribution in [-0.4, -0.2) is 35.6 Å². The van der Waals surface area contributed by atoms with Gasteiger partial charge in [0, 0.05) is 6.07 Å². The van der Waals surface area contributed by atoms with E-state index in [-0.39, 0.29) is 10.7 Å². The van der Waals surface area contributed by atoms with Crippen LogP contribution in [0.25, 0.3) is 0 Å². The molecule has 0 saturated carbocycles. The summed E-state index contributed by atoms with van der Waals surface area (Å²) in [6.07, 6.45) is 0. The molecule has 21 heavy (non-hydrogen) atoms. The average Bonchev–Trinajstić information content (AvgIpc) is 3.05. The van der Waals surface area contributed by atoms with E-state index in [1.165, 1.54) is 6.07 Å². The lowest BCUT2D eigenvalue weighted by atomic mass is 10.4. The molecule has 1 unspecified atom stereocenters. The van der Waals surface area contributed by atoms with Crippen LogP contribution in [0.15, 0.2) is 15.4 Å². The van der Waals surface area contributed by atoms with E-state index < -0.39 is 16.1 Å². The number of sulfonamides is 1. The number of aromatic amines is 1. The van der Waals surface area contributed by atoms with Gasteiger partial charge in [-0.15, -0.1) is 10.2 Å². The first-order valence-corrected chi connectivity index (χ1v) is 7.98. The van der Waals surface area contributed by atoms with Gasteiger partial charge in [0.05, 0.1) is 12.6 Å². The summed E-state index contributed by atoms with van der Waals surface area (Å²) in [6, 6.07) is 0.920. The molecular weight excluding hydrogens is 296 g/mol. The zero-order valence-electron chi connectivity index (χ0n) is 12.0. The van der Waals surface area contributed by atoms with E-state index in [0.717, 1.165) is 6.54 Å². The molecule has 0 aliphatic heterocycles. The van der Waals surface area contributed by atoms with E-state index in [0.29, 0.717) is 18.1 Å². The number of aromatic nitrogens is 4.